The number of fused-ring (bicyclic) bond motifs is 1. The number of rotatable bonds is 2. The highest BCUT2D eigenvalue weighted by atomic mass is 35.5. The Morgan fingerprint density at radius 2 is 2.00 bits per heavy atom. The number of hydrogen-bond donors (Lipinski definition) is 2. The Balaban J connectivity index is 2.21. The van der Waals surface area contributed by atoms with Crippen LogP contribution in [0.4, 0.5) is 0 Å². The van der Waals surface area contributed by atoms with Crippen molar-refractivity contribution in [1.29, 1.82) is 0 Å². The Kier molecular flexibility index (Phi) is 3.25. The molecule has 0 spiro atoms. The molecule has 1 fully saturated rings. The largest absolute Gasteiger partial charge is 0.481 e. The van der Waals surface area contributed by atoms with E-state index >= 15 is 0 Å². The summed E-state index contributed by atoms with van der Waals surface area (Å²) < 4.78 is 0. The zero-order valence-corrected chi connectivity index (χ0v) is 12.3. The Morgan fingerprint density at radius 3 is 2.65 bits per heavy atom. The number of carboxylic acid groups (broad SMARTS) is 1. The lowest BCUT2D eigenvalue weighted by Gasteiger charge is -2.33. The molecule has 1 saturated carbocycles. The minimum atomic E-state index is -0.764. The zero-order valence-electron chi connectivity index (χ0n) is 11.5. The smallest absolute Gasteiger partial charge is 0.314 e. The molecule has 3 nitrogen and oxygen atoms in total. The molecule has 106 valence electrons. The van der Waals surface area contributed by atoms with Crippen LogP contribution in [0.2, 0.25) is 5.02 Å². The summed E-state index contributed by atoms with van der Waals surface area (Å²) in [6.45, 7) is 2.01. The molecule has 1 aliphatic rings. The fourth-order valence-electron chi connectivity index (χ4n) is 3.38. The van der Waals surface area contributed by atoms with Crippen molar-refractivity contribution < 1.29 is 9.90 Å². The summed E-state index contributed by atoms with van der Waals surface area (Å²) in [6, 6.07) is 3.84. The van der Waals surface area contributed by atoms with Crippen LogP contribution in [-0.2, 0) is 10.2 Å². The molecule has 0 radical (unpaired) electrons. The molecule has 2 aromatic rings. The number of carboxylic acids is 1. The number of benzene rings is 1. The van der Waals surface area contributed by atoms with Crippen molar-refractivity contribution in [3.05, 3.63) is 34.5 Å². The first-order valence-corrected chi connectivity index (χ1v) is 7.43. The van der Waals surface area contributed by atoms with Crippen LogP contribution in [0, 0.1) is 6.92 Å². The van der Waals surface area contributed by atoms with Crippen LogP contribution in [0.15, 0.2) is 18.3 Å². The van der Waals surface area contributed by atoms with Gasteiger partial charge in [0.1, 0.15) is 0 Å². The van der Waals surface area contributed by atoms with Gasteiger partial charge in [0.25, 0.3) is 0 Å². The van der Waals surface area contributed by atoms with E-state index in [1.54, 1.807) is 0 Å². The molecule has 0 atom stereocenters. The van der Waals surface area contributed by atoms with Gasteiger partial charge in [-0.05, 0) is 43.0 Å². The third-order valence-electron chi connectivity index (χ3n) is 4.62. The molecule has 1 heterocycles. The standard InChI is InChI=1S/C16H18ClNO2/c1-10-9-18-14-12(10)7-11(8-13(14)17)16(15(19)20)5-3-2-4-6-16/h7-9,18H,2-6H2,1H3,(H,19,20). The van der Waals surface area contributed by atoms with Crippen molar-refractivity contribution in [2.75, 3.05) is 0 Å². The van der Waals surface area contributed by atoms with E-state index in [1.165, 1.54) is 0 Å². The molecule has 20 heavy (non-hydrogen) atoms. The topological polar surface area (TPSA) is 53.1 Å². The van der Waals surface area contributed by atoms with Gasteiger partial charge in [-0.15, -0.1) is 0 Å². The highest BCUT2D eigenvalue weighted by Gasteiger charge is 2.41. The Morgan fingerprint density at radius 1 is 1.30 bits per heavy atom. The zero-order chi connectivity index (χ0) is 14.3. The molecule has 0 saturated heterocycles. The van der Waals surface area contributed by atoms with Gasteiger partial charge >= 0.3 is 5.97 Å². The summed E-state index contributed by atoms with van der Waals surface area (Å²) in [6.07, 6.45) is 6.37. The molecule has 3 rings (SSSR count). The number of carbonyl (C=O) groups is 1. The maximum Gasteiger partial charge on any atom is 0.314 e. The molecule has 1 aliphatic carbocycles. The van der Waals surface area contributed by atoms with Crippen LogP contribution in [-0.4, -0.2) is 16.1 Å². The third kappa shape index (κ3) is 1.92. The second kappa shape index (κ2) is 4.81. The van der Waals surface area contributed by atoms with Gasteiger partial charge in [0.15, 0.2) is 0 Å². The number of halogens is 1. The number of aromatic nitrogens is 1. The van der Waals surface area contributed by atoms with Gasteiger partial charge in [0, 0.05) is 11.6 Å². The third-order valence-corrected chi connectivity index (χ3v) is 4.92. The van der Waals surface area contributed by atoms with Crippen molar-refractivity contribution in [2.45, 2.75) is 44.4 Å². The second-order valence-electron chi connectivity index (χ2n) is 5.80. The number of aryl methyl sites for hydroxylation is 1. The average Bonchev–Trinajstić information content (AvgIpc) is 2.82. The summed E-state index contributed by atoms with van der Waals surface area (Å²) >= 11 is 6.34. The van der Waals surface area contributed by atoms with Gasteiger partial charge in [0.05, 0.1) is 16.0 Å². The van der Waals surface area contributed by atoms with Crippen molar-refractivity contribution >= 4 is 28.5 Å². The minimum absolute atomic E-state index is 0.608. The van der Waals surface area contributed by atoms with Crippen LogP contribution in [0.1, 0.15) is 43.2 Å². The molecule has 0 aliphatic heterocycles. The highest BCUT2D eigenvalue weighted by molar-refractivity contribution is 6.35. The fraction of sp³-hybridized carbons (Fsp3) is 0.438. The summed E-state index contributed by atoms with van der Waals surface area (Å²) in [5, 5.41) is 11.4. The predicted octanol–water partition coefficient (Wildman–Crippen LogP) is 4.42. The molecule has 1 aromatic heterocycles. The molecule has 2 N–H and O–H groups in total. The first kappa shape index (κ1) is 13.5. The molecule has 0 unspecified atom stereocenters. The van der Waals surface area contributed by atoms with Gasteiger partial charge < -0.3 is 10.1 Å². The molecule has 4 heteroatoms. The summed E-state index contributed by atoms with van der Waals surface area (Å²) in [7, 11) is 0. The summed E-state index contributed by atoms with van der Waals surface area (Å²) in [4.78, 5) is 15.0. The highest BCUT2D eigenvalue weighted by Crippen LogP contribution is 2.42. The quantitative estimate of drug-likeness (QED) is 0.861. The van der Waals surface area contributed by atoms with E-state index in [9.17, 15) is 9.90 Å². The van der Waals surface area contributed by atoms with E-state index in [2.05, 4.69) is 4.98 Å². The van der Waals surface area contributed by atoms with Crippen molar-refractivity contribution in [2.24, 2.45) is 0 Å². The van der Waals surface area contributed by atoms with Gasteiger partial charge in [-0.3, -0.25) is 4.79 Å². The lowest BCUT2D eigenvalue weighted by Crippen LogP contribution is -2.37. The Hall–Kier alpha value is -1.48. The van der Waals surface area contributed by atoms with Crippen molar-refractivity contribution in [3.63, 3.8) is 0 Å². The Labute approximate surface area is 122 Å². The second-order valence-corrected chi connectivity index (χ2v) is 6.21. The lowest BCUT2D eigenvalue weighted by atomic mass is 9.69. The van der Waals surface area contributed by atoms with Gasteiger partial charge in [0.2, 0.25) is 0 Å². The van der Waals surface area contributed by atoms with E-state index < -0.39 is 11.4 Å². The van der Waals surface area contributed by atoms with E-state index in [0.29, 0.717) is 17.9 Å². The molecule has 1 aromatic carbocycles. The minimum Gasteiger partial charge on any atom is -0.481 e. The monoisotopic (exact) mass is 291 g/mol. The SMILES string of the molecule is Cc1c[nH]c2c(Cl)cc(C3(C(=O)O)CCCCC3)cc12. The van der Waals surface area contributed by atoms with Gasteiger partial charge in [-0.2, -0.15) is 0 Å². The molecular weight excluding hydrogens is 274 g/mol. The van der Waals surface area contributed by atoms with E-state index in [-0.39, 0.29) is 0 Å². The summed E-state index contributed by atoms with van der Waals surface area (Å²) in [5.41, 5.74) is 2.08. The molecule has 0 bridgehead atoms. The predicted molar refractivity (Wildman–Crippen MR) is 80.4 cm³/mol. The number of nitrogens with one attached hydrogen (secondary N) is 1. The molecular formula is C16H18ClNO2. The van der Waals surface area contributed by atoms with Crippen molar-refractivity contribution in [1.82, 2.24) is 4.98 Å². The van der Waals surface area contributed by atoms with E-state index in [4.69, 9.17) is 11.6 Å². The Bertz CT molecular complexity index is 668. The normalized spacial score (nSPS) is 18.3. The molecule has 0 amide bonds. The fourth-order valence-corrected chi connectivity index (χ4v) is 3.65. The van der Waals surface area contributed by atoms with Crippen LogP contribution in [0.3, 0.4) is 0 Å². The van der Waals surface area contributed by atoms with E-state index in [1.807, 2.05) is 25.3 Å². The number of aliphatic carboxylic acids is 1. The van der Waals surface area contributed by atoms with Gasteiger partial charge in [-0.1, -0.05) is 30.9 Å². The van der Waals surface area contributed by atoms with Crippen molar-refractivity contribution in [3.8, 4) is 0 Å². The van der Waals surface area contributed by atoms with Crippen LogP contribution in [0.5, 0.6) is 0 Å². The van der Waals surface area contributed by atoms with E-state index in [0.717, 1.165) is 41.3 Å². The summed E-state index contributed by atoms with van der Waals surface area (Å²) in [5.74, 6) is -0.721. The van der Waals surface area contributed by atoms with Gasteiger partial charge in [-0.25, -0.2) is 0 Å². The maximum atomic E-state index is 11.9. The number of H-pyrrole nitrogens is 1. The first-order chi connectivity index (χ1) is 9.54. The number of aromatic amines is 1. The van der Waals surface area contributed by atoms with Crippen LogP contribution >= 0.6 is 11.6 Å². The lowest BCUT2D eigenvalue weighted by molar-refractivity contribution is -0.145. The maximum absolute atomic E-state index is 11.9. The first-order valence-electron chi connectivity index (χ1n) is 7.06. The van der Waals surface area contributed by atoms with Crippen LogP contribution < -0.4 is 0 Å². The number of hydrogen-bond acceptors (Lipinski definition) is 1. The average molecular weight is 292 g/mol. The van der Waals surface area contributed by atoms with Crippen LogP contribution in [0.25, 0.3) is 10.9 Å².